The molecule has 2 unspecified atom stereocenters. The van der Waals surface area contributed by atoms with Crippen LogP contribution in [-0.4, -0.2) is 36.1 Å². The zero-order chi connectivity index (χ0) is 12.4. The predicted molar refractivity (Wildman–Crippen MR) is 67.4 cm³/mol. The first-order valence-electron chi connectivity index (χ1n) is 5.76. The molecule has 1 amide bonds. The molecule has 0 saturated carbocycles. The van der Waals surface area contributed by atoms with Gasteiger partial charge in [-0.1, -0.05) is 11.6 Å². The van der Waals surface area contributed by atoms with Crippen molar-refractivity contribution < 1.29 is 9.53 Å². The van der Waals surface area contributed by atoms with Crippen molar-refractivity contribution in [3.63, 3.8) is 0 Å². The summed E-state index contributed by atoms with van der Waals surface area (Å²) in [7, 11) is 0. The number of halogens is 1. The Morgan fingerprint density at radius 1 is 1.24 bits per heavy atom. The topological polar surface area (TPSA) is 29.5 Å². The van der Waals surface area contributed by atoms with E-state index in [-0.39, 0.29) is 18.1 Å². The predicted octanol–water partition coefficient (Wildman–Crippen LogP) is 2.59. The monoisotopic (exact) mass is 253 g/mol. The van der Waals surface area contributed by atoms with Crippen molar-refractivity contribution in [2.45, 2.75) is 26.1 Å². The van der Waals surface area contributed by atoms with Crippen LogP contribution in [0.2, 0.25) is 5.02 Å². The van der Waals surface area contributed by atoms with Crippen LogP contribution in [0.4, 0.5) is 0 Å². The zero-order valence-electron chi connectivity index (χ0n) is 10.0. The van der Waals surface area contributed by atoms with E-state index in [1.165, 1.54) is 0 Å². The lowest BCUT2D eigenvalue weighted by Gasteiger charge is -2.35. The summed E-state index contributed by atoms with van der Waals surface area (Å²) in [5.41, 5.74) is 0.677. The molecule has 2 rings (SSSR count). The van der Waals surface area contributed by atoms with Gasteiger partial charge < -0.3 is 9.64 Å². The van der Waals surface area contributed by atoms with Crippen LogP contribution >= 0.6 is 11.6 Å². The van der Waals surface area contributed by atoms with Crippen LogP contribution in [0.1, 0.15) is 24.2 Å². The molecule has 1 aliphatic heterocycles. The molecular weight excluding hydrogens is 238 g/mol. The molecule has 1 saturated heterocycles. The molecule has 1 aromatic carbocycles. The van der Waals surface area contributed by atoms with E-state index in [2.05, 4.69) is 0 Å². The maximum Gasteiger partial charge on any atom is 0.254 e. The molecule has 0 radical (unpaired) electrons. The SMILES string of the molecule is CC1CN(C(=O)c2ccc(Cl)cc2)CC(C)O1. The molecule has 17 heavy (non-hydrogen) atoms. The van der Waals surface area contributed by atoms with E-state index in [4.69, 9.17) is 16.3 Å². The van der Waals surface area contributed by atoms with Crippen LogP contribution in [0, 0.1) is 0 Å². The van der Waals surface area contributed by atoms with Crippen molar-refractivity contribution in [2.24, 2.45) is 0 Å². The minimum absolute atomic E-state index is 0.0451. The first kappa shape index (κ1) is 12.4. The molecule has 0 aliphatic carbocycles. The molecule has 92 valence electrons. The van der Waals surface area contributed by atoms with Crippen molar-refractivity contribution >= 4 is 17.5 Å². The van der Waals surface area contributed by atoms with Gasteiger partial charge in [0.15, 0.2) is 0 Å². The van der Waals surface area contributed by atoms with Crippen LogP contribution in [0.25, 0.3) is 0 Å². The van der Waals surface area contributed by atoms with Gasteiger partial charge in [-0.15, -0.1) is 0 Å². The molecule has 1 aromatic rings. The molecule has 1 fully saturated rings. The first-order chi connectivity index (χ1) is 8.06. The van der Waals surface area contributed by atoms with Gasteiger partial charge in [0.05, 0.1) is 12.2 Å². The molecule has 4 heteroatoms. The van der Waals surface area contributed by atoms with E-state index in [1.807, 2.05) is 18.7 Å². The quantitative estimate of drug-likeness (QED) is 0.770. The van der Waals surface area contributed by atoms with Crippen molar-refractivity contribution in [3.05, 3.63) is 34.9 Å². The third-order valence-corrected chi connectivity index (χ3v) is 3.05. The lowest BCUT2D eigenvalue weighted by atomic mass is 10.1. The Balaban J connectivity index is 2.11. The van der Waals surface area contributed by atoms with E-state index < -0.39 is 0 Å². The van der Waals surface area contributed by atoms with Crippen molar-refractivity contribution in [3.8, 4) is 0 Å². The smallest absolute Gasteiger partial charge is 0.254 e. The van der Waals surface area contributed by atoms with Crippen LogP contribution < -0.4 is 0 Å². The normalized spacial score (nSPS) is 24.8. The number of carbonyl (C=O) groups excluding carboxylic acids is 1. The highest BCUT2D eigenvalue weighted by molar-refractivity contribution is 6.30. The summed E-state index contributed by atoms with van der Waals surface area (Å²) in [6.07, 6.45) is 0.185. The number of amides is 1. The molecule has 0 bridgehead atoms. The first-order valence-corrected chi connectivity index (χ1v) is 6.14. The Bertz CT molecular complexity index is 394. The minimum atomic E-state index is 0.0451. The van der Waals surface area contributed by atoms with Crippen LogP contribution in [0.3, 0.4) is 0 Å². The van der Waals surface area contributed by atoms with Gasteiger partial charge >= 0.3 is 0 Å². The van der Waals surface area contributed by atoms with Gasteiger partial charge in [-0.3, -0.25) is 4.79 Å². The number of ether oxygens (including phenoxy) is 1. The number of morpholine rings is 1. The fourth-order valence-electron chi connectivity index (χ4n) is 2.12. The van der Waals surface area contributed by atoms with E-state index in [9.17, 15) is 4.79 Å². The van der Waals surface area contributed by atoms with Crippen molar-refractivity contribution in [2.75, 3.05) is 13.1 Å². The van der Waals surface area contributed by atoms with E-state index in [0.717, 1.165) is 0 Å². The third-order valence-electron chi connectivity index (χ3n) is 2.80. The maximum atomic E-state index is 12.2. The summed E-state index contributed by atoms with van der Waals surface area (Å²) in [5.74, 6) is 0.0451. The van der Waals surface area contributed by atoms with E-state index >= 15 is 0 Å². The minimum Gasteiger partial charge on any atom is -0.372 e. The Hall–Kier alpha value is -1.06. The number of nitrogens with zero attached hydrogens (tertiary/aromatic N) is 1. The number of benzene rings is 1. The van der Waals surface area contributed by atoms with Crippen LogP contribution in [-0.2, 0) is 4.74 Å². The summed E-state index contributed by atoms with van der Waals surface area (Å²) < 4.78 is 5.61. The average Bonchev–Trinajstić information content (AvgIpc) is 2.28. The number of hydrogen-bond acceptors (Lipinski definition) is 2. The Labute approximate surface area is 106 Å². The largest absolute Gasteiger partial charge is 0.372 e. The molecular formula is C13H16ClNO2. The highest BCUT2D eigenvalue weighted by atomic mass is 35.5. The lowest BCUT2D eigenvalue weighted by molar-refractivity contribution is -0.0586. The van der Waals surface area contributed by atoms with Gasteiger partial charge in [0.2, 0.25) is 0 Å². The summed E-state index contributed by atoms with van der Waals surface area (Å²) in [5, 5.41) is 0.644. The highest BCUT2D eigenvalue weighted by Crippen LogP contribution is 2.16. The summed E-state index contributed by atoms with van der Waals surface area (Å²) in [6, 6.07) is 7.00. The number of rotatable bonds is 1. The fourth-order valence-corrected chi connectivity index (χ4v) is 2.24. The summed E-state index contributed by atoms with van der Waals surface area (Å²) in [6.45, 7) is 5.26. The van der Waals surface area contributed by atoms with Crippen molar-refractivity contribution in [1.82, 2.24) is 4.90 Å². The fraction of sp³-hybridized carbons (Fsp3) is 0.462. The third kappa shape index (κ3) is 2.99. The van der Waals surface area contributed by atoms with Crippen LogP contribution in [0.5, 0.6) is 0 Å². The Morgan fingerprint density at radius 2 is 1.76 bits per heavy atom. The van der Waals surface area contributed by atoms with E-state index in [0.29, 0.717) is 23.7 Å². The lowest BCUT2D eigenvalue weighted by Crippen LogP contribution is -2.48. The molecule has 0 spiro atoms. The van der Waals surface area contributed by atoms with Gasteiger partial charge in [0.25, 0.3) is 5.91 Å². The van der Waals surface area contributed by atoms with Crippen molar-refractivity contribution in [1.29, 1.82) is 0 Å². The molecule has 1 aliphatic rings. The molecule has 0 aromatic heterocycles. The second-order valence-electron chi connectivity index (χ2n) is 4.47. The summed E-state index contributed by atoms with van der Waals surface area (Å²) >= 11 is 5.80. The van der Waals surface area contributed by atoms with Crippen LogP contribution in [0.15, 0.2) is 24.3 Å². The van der Waals surface area contributed by atoms with E-state index in [1.54, 1.807) is 24.3 Å². The van der Waals surface area contributed by atoms with Gasteiger partial charge in [-0.05, 0) is 38.1 Å². The van der Waals surface area contributed by atoms with Gasteiger partial charge in [0.1, 0.15) is 0 Å². The maximum absolute atomic E-state index is 12.2. The standard InChI is InChI=1S/C13H16ClNO2/c1-9-7-15(8-10(2)17-9)13(16)11-3-5-12(14)6-4-11/h3-6,9-10H,7-8H2,1-2H3. The highest BCUT2D eigenvalue weighted by Gasteiger charge is 2.26. The molecule has 0 N–H and O–H groups in total. The average molecular weight is 254 g/mol. The zero-order valence-corrected chi connectivity index (χ0v) is 10.8. The summed E-state index contributed by atoms with van der Waals surface area (Å²) in [4.78, 5) is 14.1. The van der Waals surface area contributed by atoms with Gasteiger partial charge in [-0.2, -0.15) is 0 Å². The molecule has 1 heterocycles. The Kier molecular flexibility index (Phi) is 3.69. The Morgan fingerprint density at radius 3 is 2.29 bits per heavy atom. The van der Waals surface area contributed by atoms with Gasteiger partial charge in [-0.25, -0.2) is 0 Å². The molecule has 3 nitrogen and oxygen atoms in total. The number of carbonyl (C=O) groups is 1. The second-order valence-corrected chi connectivity index (χ2v) is 4.91. The van der Waals surface area contributed by atoms with Gasteiger partial charge in [0, 0.05) is 23.7 Å². The second kappa shape index (κ2) is 5.07. The molecule has 2 atom stereocenters. The number of hydrogen-bond donors (Lipinski definition) is 0.